The maximum atomic E-state index is 13.2. The van der Waals surface area contributed by atoms with Crippen LogP contribution in [0, 0.1) is 0 Å². The van der Waals surface area contributed by atoms with E-state index in [0.29, 0.717) is 24.2 Å². The highest BCUT2D eigenvalue weighted by Crippen LogP contribution is 2.32. The van der Waals surface area contributed by atoms with E-state index in [-0.39, 0.29) is 12.5 Å². The molecular weight excluding hydrogens is 356 g/mol. The number of likely N-dealkylation sites (tertiary alicyclic amines) is 1. The molecule has 3 amide bonds. The van der Waals surface area contributed by atoms with Crippen molar-refractivity contribution in [3.63, 3.8) is 0 Å². The van der Waals surface area contributed by atoms with Gasteiger partial charge in [0.2, 0.25) is 5.91 Å². The zero-order valence-corrected chi connectivity index (χ0v) is 15.5. The lowest BCUT2D eigenvalue weighted by atomic mass is 9.88. The molecule has 0 bridgehead atoms. The van der Waals surface area contributed by atoms with E-state index in [4.69, 9.17) is 4.84 Å². The van der Waals surface area contributed by atoms with E-state index in [1.54, 1.807) is 29.2 Å². The third-order valence-electron chi connectivity index (χ3n) is 5.25. The Morgan fingerprint density at radius 3 is 2.36 bits per heavy atom. The third kappa shape index (κ3) is 3.43. The monoisotopic (exact) mass is 378 g/mol. The Morgan fingerprint density at radius 1 is 0.929 bits per heavy atom. The van der Waals surface area contributed by atoms with Gasteiger partial charge in [-0.25, -0.2) is 0 Å². The minimum Gasteiger partial charge on any atom is -0.342 e. The first-order chi connectivity index (χ1) is 13.7. The Kier molecular flexibility index (Phi) is 5.21. The van der Waals surface area contributed by atoms with Gasteiger partial charge in [-0.3, -0.25) is 19.2 Å². The van der Waals surface area contributed by atoms with E-state index in [1.165, 1.54) is 0 Å². The van der Waals surface area contributed by atoms with E-state index in [1.807, 2.05) is 30.3 Å². The lowest BCUT2D eigenvalue weighted by Gasteiger charge is -2.35. The summed E-state index contributed by atoms with van der Waals surface area (Å²) in [5.41, 5.74) is 1.64. The second-order valence-electron chi connectivity index (χ2n) is 7.10. The van der Waals surface area contributed by atoms with Gasteiger partial charge in [0.25, 0.3) is 11.8 Å². The van der Waals surface area contributed by atoms with Gasteiger partial charge in [0.15, 0.2) is 0 Å². The molecule has 0 aromatic heterocycles. The number of carbonyl (C=O) groups is 3. The van der Waals surface area contributed by atoms with Crippen molar-refractivity contribution in [2.45, 2.75) is 31.8 Å². The standard InChI is InChI=1S/C22H22N2O4/c25-20-18-12-6-5-11-17(18)19(21(26)23-13-7-2-8-14-23)22(27)24(20)28-15-16-9-3-1-4-10-16/h1,3-6,9-12,19H,2,7-8,13-15H2. The molecule has 0 saturated carbocycles. The number of benzene rings is 2. The van der Waals surface area contributed by atoms with Crippen LogP contribution in [0.4, 0.5) is 0 Å². The molecule has 1 unspecified atom stereocenters. The lowest BCUT2D eigenvalue weighted by molar-refractivity contribution is -0.178. The molecule has 6 nitrogen and oxygen atoms in total. The van der Waals surface area contributed by atoms with E-state index >= 15 is 0 Å². The summed E-state index contributed by atoms with van der Waals surface area (Å²) in [6, 6.07) is 16.1. The van der Waals surface area contributed by atoms with Crippen molar-refractivity contribution in [3.05, 3.63) is 71.3 Å². The van der Waals surface area contributed by atoms with Crippen LogP contribution in [0.2, 0.25) is 0 Å². The number of hydrogen-bond donors (Lipinski definition) is 0. The average molecular weight is 378 g/mol. The van der Waals surface area contributed by atoms with Crippen molar-refractivity contribution >= 4 is 17.7 Å². The van der Waals surface area contributed by atoms with Crippen LogP contribution < -0.4 is 0 Å². The fraction of sp³-hybridized carbons (Fsp3) is 0.318. The van der Waals surface area contributed by atoms with Crippen molar-refractivity contribution in [2.75, 3.05) is 13.1 Å². The molecule has 2 heterocycles. The van der Waals surface area contributed by atoms with Crippen LogP contribution in [0.3, 0.4) is 0 Å². The molecule has 6 heteroatoms. The molecule has 4 rings (SSSR count). The summed E-state index contributed by atoms with van der Waals surface area (Å²) in [7, 11) is 0. The summed E-state index contributed by atoms with van der Waals surface area (Å²) in [5, 5.41) is 0.766. The highest BCUT2D eigenvalue weighted by molar-refractivity contribution is 6.18. The summed E-state index contributed by atoms with van der Waals surface area (Å²) in [6.07, 6.45) is 2.95. The number of fused-ring (bicyclic) bond motifs is 1. The Hall–Kier alpha value is -2.99. The van der Waals surface area contributed by atoms with Gasteiger partial charge in [-0.15, -0.1) is 5.06 Å². The van der Waals surface area contributed by atoms with Crippen molar-refractivity contribution in [3.8, 4) is 0 Å². The normalized spacial score (nSPS) is 19.5. The molecule has 2 aromatic rings. The summed E-state index contributed by atoms with van der Waals surface area (Å²) in [4.78, 5) is 46.5. The number of carbonyl (C=O) groups excluding carboxylic acids is 3. The number of imide groups is 1. The van der Waals surface area contributed by atoms with Gasteiger partial charge in [0.1, 0.15) is 12.5 Å². The largest absolute Gasteiger partial charge is 0.342 e. The number of amides is 3. The topological polar surface area (TPSA) is 66.9 Å². The lowest BCUT2D eigenvalue weighted by Crippen LogP contribution is -2.50. The van der Waals surface area contributed by atoms with Gasteiger partial charge in [0.05, 0.1) is 0 Å². The third-order valence-corrected chi connectivity index (χ3v) is 5.25. The van der Waals surface area contributed by atoms with E-state index in [9.17, 15) is 14.4 Å². The van der Waals surface area contributed by atoms with Crippen molar-refractivity contribution in [1.82, 2.24) is 9.96 Å². The maximum absolute atomic E-state index is 13.2. The van der Waals surface area contributed by atoms with Gasteiger partial charge < -0.3 is 4.90 Å². The predicted molar refractivity (Wildman–Crippen MR) is 102 cm³/mol. The average Bonchev–Trinajstić information content (AvgIpc) is 2.75. The molecule has 1 saturated heterocycles. The van der Waals surface area contributed by atoms with Gasteiger partial charge in [-0.1, -0.05) is 48.5 Å². The van der Waals surface area contributed by atoms with Gasteiger partial charge in [-0.2, -0.15) is 0 Å². The van der Waals surface area contributed by atoms with E-state index in [2.05, 4.69) is 0 Å². The number of hydrogen-bond acceptors (Lipinski definition) is 4. The van der Waals surface area contributed by atoms with Crippen LogP contribution in [-0.2, 0) is 21.0 Å². The molecule has 1 atom stereocenters. The molecule has 0 aliphatic carbocycles. The molecule has 144 valence electrons. The summed E-state index contributed by atoms with van der Waals surface area (Å²) < 4.78 is 0. The van der Waals surface area contributed by atoms with Crippen molar-refractivity contribution < 1.29 is 19.2 Å². The molecule has 0 N–H and O–H groups in total. The summed E-state index contributed by atoms with van der Waals surface area (Å²) >= 11 is 0. The predicted octanol–water partition coefficient (Wildman–Crippen LogP) is 2.90. The zero-order valence-electron chi connectivity index (χ0n) is 15.5. The van der Waals surface area contributed by atoms with Crippen molar-refractivity contribution in [2.24, 2.45) is 0 Å². The van der Waals surface area contributed by atoms with Gasteiger partial charge in [-0.05, 0) is 36.5 Å². The molecule has 28 heavy (non-hydrogen) atoms. The fourth-order valence-corrected chi connectivity index (χ4v) is 3.77. The number of hydroxylamine groups is 2. The highest BCUT2D eigenvalue weighted by atomic mass is 16.7. The first-order valence-electron chi connectivity index (χ1n) is 9.59. The molecular formula is C22H22N2O4. The van der Waals surface area contributed by atoms with E-state index in [0.717, 1.165) is 29.9 Å². The van der Waals surface area contributed by atoms with Crippen molar-refractivity contribution in [1.29, 1.82) is 0 Å². The van der Waals surface area contributed by atoms with E-state index < -0.39 is 17.7 Å². The number of rotatable bonds is 4. The first kappa shape index (κ1) is 18.4. The number of piperidine rings is 1. The number of nitrogens with zero attached hydrogens (tertiary/aromatic N) is 2. The smallest absolute Gasteiger partial charge is 0.285 e. The molecule has 0 spiro atoms. The molecule has 2 aromatic carbocycles. The first-order valence-corrected chi connectivity index (χ1v) is 9.59. The molecule has 2 aliphatic heterocycles. The van der Waals surface area contributed by atoms with Crippen LogP contribution in [-0.4, -0.2) is 40.8 Å². The Bertz CT molecular complexity index is 890. The van der Waals surface area contributed by atoms with Gasteiger partial charge >= 0.3 is 0 Å². The van der Waals surface area contributed by atoms with Crippen LogP contribution in [0.25, 0.3) is 0 Å². The van der Waals surface area contributed by atoms with Crippen LogP contribution in [0.5, 0.6) is 0 Å². The maximum Gasteiger partial charge on any atom is 0.285 e. The molecule has 0 radical (unpaired) electrons. The zero-order chi connectivity index (χ0) is 19.5. The Morgan fingerprint density at radius 2 is 1.61 bits per heavy atom. The van der Waals surface area contributed by atoms with Crippen LogP contribution in [0.1, 0.15) is 46.7 Å². The minimum absolute atomic E-state index is 0.0745. The van der Waals surface area contributed by atoms with Gasteiger partial charge in [0, 0.05) is 18.7 Å². The Labute approximate surface area is 163 Å². The summed E-state index contributed by atoms with van der Waals surface area (Å²) in [5.74, 6) is -2.44. The van der Waals surface area contributed by atoms with Crippen LogP contribution in [0.15, 0.2) is 54.6 Å². The second kappa shape index (κ2) is 7.94. The second-order valence-corrected chi connectivity index (χ2v) is 7.10. The minimum atomic E-state index is -1.04. The highest BCUT2D eigenvalue weighted by Gasteiger charge is 2.45. The fourth-order valence-electron chi connectivity index (χ4n) is 3.77. The van der Waals surface area contributed by atoms with Crippen LogP contribution >= 0.6 is 0 Å². The summed E-state index contributed by atoms with van der Waals surface area (Å²) in [6.45, 7) is 1.36. The molecule has 2 aliphatic rings. The Balaban J connectivity index is 1.63. The SMILES string of the molecule is O=C(C1C(=O)N(OCc2ccccc2)C(=O)c2ccccc21)N1CCCCC1. The quantitative estimate of drug-likeness (QED) is 0.606. The molecule has 1 fully saturated rings.